The van der Waals surface area contributed by atoms with Crippen LogP contribution in [0.3, 0.4) is 0 Å². The van der Waals surface area contributed by atoms with Crippen molar-refractivity contribution >= 4 is 39.2 Å². The van der Waals surface area contributed by atoms with E-state index in [1.165, 1.54) is 0 Å². The van der Waals surface area contributed by atoms with Crippen molar-refractivity contribution in [1.29, 1.82) is 0 Å². The van der Waals surface area contributed by atoms with Crippen molar-refractivity contribution in [3.05, 3.63) is 84.9 Å². The summed E-state index contributed by atoms with van der Waals surface area (Å²) in [5.74, 6) is 0.0300. The van der Waals surface area contributed by atoms with E-state index < -0.39 is 0 Å². The minimum atomic E-state index is 0.0300. The predicted molar refractivity (Wildman–Crippen MR) is 111 cm³/mol. The quantitative estimate of drug-likeness (QED) is 0.301. The van der Waals surface area contributed by atoms with Crippen LogP contribution in [-0.4, -0.2) is 5.11 Å². The van der Waals surface area contributed by atoms with Crippen LogP contribution in [0.25, 0.3) is 10.8 Å². The molecular formula is C22H17N5O. The number of hydrogen-bond donors (Lipinski definition) is 2. The summed E-state index contributed by atoms with van der Waals surface area (Å²) in [7, 11) is 0. The van der Waals surface area contributed by atoms with Crippen LogP contribution in [0.4, 0.5) is 28.4 Å². The zero-order chi connectivity index (χ0) is 19.3. The molecule has 0 aliphatic heterocycles. The van der Waals surface area contributed by atoms with Crippen LogP contribution in [0, 0.1) is 0 Å². The van der Waals surface area contributed by atoms with Gasteiger partial charge in [-0.1, -0.05) is 36.4 Å². The van der Waals surface area contributed by atoms with Gasteiger partial charge in [0.25, 0.3) is 0 Å². The fourth-order valence-corrected chi connectivity index (χ4v) is 2.78. The van der Waals surface area contributed by atoms with Gasteiger partial charge in [0.05, 0.1) is 17.1 Å². The second kappa shape index (κ2) is 7.67. The topological polar surface area (TPSA) is 95.7 Å². The second-order valence-electron chi connectivity index (χ2n) is 6.13. The molecule has 0 atom stereocenters. The number of phenols is 1. The summed E-state index contributed by atoms with van der Waals surface area (Å²) in [5, 5.41) is 28.6. The number of rotatable bonds is 4. The average molecular weight is 367 g/mol. The van der Waals surface area contributed by atoms with Gasteiger partial charge in [0, 0.05) is 11.1 Å². The standard InChI is InChI=1S/C22H17N5O/c23-19-8-4-5-15-9-14-20(28)22(21(15)19)27-26-18-12-10-17(11-13-18)25-24-16-6-2-1-3-7-16/h1-14,28H,23H2. The number of phenolic OH excluding ortho intramolecular Hbond substituents is 1. The number of hydrogen-bond acceptors (Lipinski definition) is 6. The van der Waals surface area contributed by atoms with Gasteiger partial charge in [-0.15, -0.1) is 5.11 Å². The number of fused-ring (bicyclic) bond motifs is 1. The molecule has 0 aliphatic carbocycles. The Balaban J connectivity index is 1.58. The molecule has 0 aliphatic rings. The van der Waals surface area contributed by atoms with E-state index in [2.05, 4.69) is 20.5 Å². The first kappa shape index (κ1) is 17.4. The van der Waals surface area contributed by atoms with Crippen molar-refractivity contribution in [2.75, 3.05) is 5.73 Å². The van der Waals surface area contributed by atoms with Gasteiger partial charge in [-0.2, -0.15) is 15.3 Å². The molecular weight excluding hydrogens is 350 g/mol. The number of nitrogens with two attached hydrogens (primary N) is 1. The molecule has 0 amide bonds. The molecule has 6 heteroatoms. The summed E-state index contributed by atoms with van der Waals surface area (Å²) in [6.07, 6.45) is 0. The van der Waals surface area contributed by atoms with E-state index in [1.54, 1.807) is 42.5 Å². The van der Waals surface area contributed by atoms with Crippen LogP contribution in [-0.2, 0) is 0 Å². The van der Waals surface area contributed by atoms with Crippen LogP contribution < -0.4 is 5.73 Å². The molecule has 0 heterocycles. The van der Waals surface area contributed by atoms with E-state index in [1.807, 2.05) is 42.5 Å². The number of nitrogens with zero attached hydrogens (tertiary/aromatic N) is 4. The molecule has 0 radical (unpaired) electrons. The molecule has 0 spiro atoms. The van der Waals surface area contributed by atoms with Gasteiger partial charge >= 0.3 is 0 Å². The van der Waals surface area contributed by atoms with Crippen molar-refractivity contribution in [1.82, 2.24) is 0 Å². The van der Waals surface area contributed by atoms with Crippen molar-refractivity contribution < 1.29 is 5.11 Å². The molecule has 4 aromatic rings. The maximum absolute atomic E-state index is 10.2. The lowest BCUT2D eigenvalue weighted by molar-refractivity contribution is 0.477. The Morgan fingerprint density at radius 1 is 0.571 bits per heavy atom. The Morgan fingerprint density at radius 3 is 1.86 bits per heavy atom. The lowest BCUT2D eigenvalue weighted by atomic mass is 10.1. The van der Waals surface area contributed by atoms with E-state index in [0.717, 1.165) is 11.1 Å². The highest BCUT2D eigenvalue weighted by Gasteiger charge is 2.09. The first-order valence-corrected chi connectivity index (χ1v) is 8.69. The van der Waals surface area contributed by atoms with E-state index in [4.69, 9.17) is 5.73 Å². The van der Waals surface area contributed by atoms with E-state index in [-0.39, 0.29) is 5.75 Å². The molecule has 0 fully saturated rings. The summed E-state index contributed by atoms with van der Waals surface area (Å²) >= 11 is 0. The first-order chi connectivity index (χ1) is 13.7. The number of nitrogen functional groups attached to an aromatic ring is 1. The molecule has 6 nitrogen and oxygen atoms in total. The minimum Gasteiger partial charge on any atom is -0.506 e. The second-order valence-corrected chi connectivity index (χ2v) is 6.13. The fraction of sp³-hybridized carbons (Fsp3) is 0. The van der Waals surface area contributed by atoms with Crippen molar-refractivity contribution in [2.45, 2.75) is 0 Å². The van der Waals surface area contributed by atoms with E-state index >= 15 is 0 Å². The van der Waals surface area contributed by atoms with Crippen molar-refractivity contribution in [2.24, 2.45) is 20.5 Å². The molecule has 4 aromatic carbocycles. The van der Waals surface area contributed by atoms with Crippen LogP contribution in [0.15, 0.2) is 105 Å². The van der Waals surface area contributed by atoms with Crippen LogP contribution >= 0.6 is 0 Å². The Labute approximate surface area is 161 Å². The Kier molecular flexibility index (Phi) is 4.76. The van der Waals surface area contributed by atoms with Gasteiger partial charge in [-0.3, -0.25) is 0 Å². The molecule has 136 valence electrons. The highest BCUT2D eigenvalue weighted by molar-refractivity contribution is 6.03. The summed E-state index contributed by atoms with van der Waals surface area (Å²) in [6, 6.07) is 25.6. The predicted octanol–water partition coefficient (Wildman–Crippen LogP) is 6.96. The van der Waals surface area contributed by atoms with Gasteiger partial charge in [0.1, 0.15) is 11.4 Å². The molecule has 4 rings (SSSR count). The molecule has 0 saturated carbocycles. The van der Waals surface area contributed by atoms with Gasteiger partial charge in [-0.25, -0.2) is 0 Å². The third kappa shape index (κ3) is 3.71. The van der Waals surface area contributed by atoms with Gasteiger partial charge < -0.3 is 10.8 Å². The summed E-state index contributed by atoms with van der Waals surface area (Å²) < 4.78 is 0. The van der Waals surface area contributed by atoms with Crippen molar-refractivity contribution in [3.63, 3.8) is 0 Å². The zero-order valence-corrected chi connectivity index (χ0v) is 14.9. The highest BCUT2D eigenvalue weighted by atomic mass is 16.3. The van der Waals surface area contributed by atoms with Crippen LogP contribution in [0.1, 0.15) is 0 Å². The zero-order valence-electron chi connectivity index (χ0n) is 14.9. The largest absolute Gasteiger partial charge is 0.506 e. The first-order valence-electron chi connectivity index (χ1n) is 8.69. The normalized spacial score (nSPS) is 11.6. The van der Waals surface area contributed by atoms with E-state index in [9.17, 15) is 5.11 Å². The Morgan fingerprint density at radius 2 is 1.18 bits per heavy atom. The van der Waals surface area contributed by atoms with Crippen molar-refractivity contribution in [3.8, 4) is 5.75 Å². The van der Waals surface area contributed by atoms with Crippen LogP contribution in [0.5, 0.6) is 5.75 Å². The van der Waals surface area contributed by atoms with Gasteiger partial charge in [0.2, 0.25) is 0 Å². The summed E-state index contributed by atoms with van der Waals surface area (Å²) in [6.45, 7) is 0. The molecule has 0 aromatic heterocycles. The monoisotopic (exact) mass is 367 g/mol. The molecule has 0 saturated heterocycles. The van der Waals surface area contributed by atoms with Gasteiger partial charge in [0.15, 0.2) is 0 Å². The Bertz CT molecular complexity index is 1170. The lowest BCUT2D eigenvalue weighted by Crippen LogP contribution is -1.86. The smallest absolute Gasteiger partial charge is 0.143 e. The number of anilines is 1. The maximum Gasteiger partial charge on any atom is 0.143 e. The number of azo groups is 2. The van der Waals surface area contributed by atoms with E-state index in [0.29, 0.717) is 28.1 Å². The SMILES string of the molecule is Nc1cccc2ccc(O)c(N=Nc3ccc(N=Nc4ccccc4)cc3)c12. The third-order valence-corrected chi connectivity index (χ3v) is 4.18. The lowest BCUT2D eigenvalue weighted by Gasteiger charge is -2.06. The fourth-order valence-electron chi connectivity index (χ4n) is 2.78. The Hall–Kier alpha value is -4.06. The summed E-state index contributed by atoms with van der Waals surface area (Å²) in [4.78, 5) is 0. The molecule has 0 bridgehead atoms. The average Bonchev–Trinajstić information content (AvgIpc) is 2.73. The molecule has 28 heavy (non-hydrogen) atoms. The number of aromatic hydroxyl groups is 1. The molecule has 0 unspecified atom stereocenters. The summed E-state index contributed by atoms with van der Waals surface area (Å²) in [5.41, 5.74) is 9.08. The van der Waals surface area contributed by atoms with Crippen LogP contribution in [0.2, 0.25) is 0 Å². The number of benzene rings is 4. The minimum absolute atomic E-state index is 0.0300. The van der Waals surface area contributed by atoms with Gasteiger partial charge in [-0.05, 0) is 53.9 Å². The highest BCUT2D eigenvalue weighted by Crippen LogP contribution is 2.39. The maximum atomic E-state index is 10.2. The molecule has 3 N–H and O–H groups in total. The third-order valence-electron chi connectivity index (χ3n) is 4.18.